The predicted octanol–water partition coefficient (Wildman–Crippen LogP) is 3.32. The zero-order valence-corrected chi connectivity index (χ0v) is 13.2. The number of thiazole rings is 1. The fraction of sp³-hybridized carbons (Fsp3) is 0.400. The number of nitrogens with zero attached hydrogens (tertiary/aromatic N) is 2. The molecular formula is C15H19N3S2. The van der Waals surface area contributed by atoms with Gasteiger partial charge in [0.15, 0.2) is 5.13 Å². The van der Waals surface area contributed by atoms with Crippen LogP contribution in [-0.4, -0.2) is 27.9 Å². The monoisotopic (exact) mass is 305 g/mol. The molecule has 2 aromatic rings. The zero-order valence-electron chi connectivity index (χ0n) is 11.6. The summed E-state index contributed by atoms with van der Waals surface area (Å²) >= 11 is 3.64. The quantitative estimate of drug-likeness (QED) is 0.944. The minimum Gasteiger partial charge on any atom is -0.375 e. The molecule has 0 saturated carbocycles. The maximum Gasteiger partial charge on any atom is 0.180 e. The van der Waals surface area contributed by atoms with E-state index < -0.39 is 0 Å². The molecule has 1 aromatic heterocycles. The average Bonchev–Trinajstić information content (AvgIpc) is 2.86. The number of aryl methyl sites for hydroxylation is 1. The molecule has 3 rings (SSSR count). The Morgan fingerprint density at radius 2 is 2.15 bits per heavy atom. The van der Waals surface area contributed by atoms with E-state index in [9.17, 15) is 0 Å². The van der Waals surface area contributed by atoms with Crippen molar-refractivity contribution in [1.82, 2.24) is 9.88 Å². The smallest absolute Gasteiger partial charge is 0.180 e. The Hall–Kier alpha value is -1.04. The molecule has 1 saturated heterocycles. The largest absolute Gasteiger partial charge is 0.375 e. The Morgan fingerprint density at radius 1 is 1.35 bits per heavy atom. The number of anilines is 1. The molecule has 1 aliphatic rings. The molecule has 1 fully saturated rings. The van der Waals surface area contributed by atoms with Gasteiger partial charge in [0.25, 0.3) is 0 Å². The molecule has 0 aliphatic carbocycles. The van der Waals surface area contributed by atoms with Crippen molar-refractivity contribution in [3.63, 3.8) is 0 Å². The van der Waals surface area contributed by atoms with Crippen LogP contribution in [0.15, 0.2) is 30.5 Å². The highest BCUT2D eigenvalue weighted by Gasteiger charge is 2.24. The van der Waals surface area contributed by atoms with Crippen LogP contribution in [0.2, 0.25) is 0 Å². The number of hydrogen-bond donors (Lipinski definition) is 1. The number of aromatic nitrogens is 1. The number of nitrogen functional groups attached to an aromatic ring is 1. The third kappa shape index (κ3) is 3.16. The molecule has 106 valence electrons. The molecule has 0 amide bonds. The zero-order chi connectivity index (χ0) is 13.9. The summed E-state index contributed by atoms with van der Waals surface area (Å²) in [6.07, 6.45) is 1.91. The first-order valence-electron chi connectivity index (χ1n) is 6.81. The van der Waals surface area contributed by atoms with Crippen LogP contribution in [0.4, 0.5) is 5.13 Å². The molecule has 1 aromatic carbocycles. The van der Waals surface area contributed by atoms with Crippen LogP contribution in [0, 0.1) is 6.92 Å². The van der Waals surface area contributed by atoms with Crippen molar-refractivity contribution in [2.75, 3.05) is 23.8 Å². The Balaban J connectivity index is 1.78. The number of thioether (sulfide) groups is 1. The summed E-state index contributed by atoms with van der Waals surface area (Å²) in [5.74, 6) is 2.37. The Kier molecular flexibility index (Phi) is 4.29. The van der Waals surface area contributed by atoms with Crippen molar-refractivity contribution in [3.8, 4) is 0 Å². The normalized spacial score (nSPS) is 20.1. The van der Waals surface area contributed by atoms with Gasteiger partial charge >= 0.3 is 0 Å². The van der Waals surface area contributed by atoms with Gasteiger partial charge in [-0.05, 0) is 12.5 Å². The first-order valence-corrected chi connectivity index (χ1v) is 8.78. The molecule has 2 heterocycles. The van der Waals surface area contributed by atoms with E-state index in [0.29, 0.717) is 11.2 Å². The highest BCUT2D eigenvalue weighted by Crippen LogP contribution is 2.32. The van der Waals surface area contributed by atoms with E-state index in [1.54, 1.807) is 11.3 Å². The molecular weight excluding hydrogens is 286 g/mol. The lowest BCUT2D eigenvalue weighted by Crippen LogP contribution is -2.35. The van der Waals surface area contributed by atoms with Gasteiger partial charge in [0, 0.05) is 41.7 Å². The second kappa shape index (κ2) is 6.16. The van der Waals surface area contributed by atoms with Crippen LogP contribution < -0.4 is 5.73 Å². The van der Waals surface area contributed by atoms with Crippen LogP contribution in [0.1, 0.15) is 22.0 Å². The van der Waals surface area contributed by atoms with Crippen molar-refractivity contribution < 1.29 is 0 Å². The van der Waals surface area contributed by atoms with Crippen molar-refractivity contribution in [1.29, 1.82) is 0 Å². The predicted molar refractivity (Wildman–Crippen MR) is 88.2 cm³/mol. The van der Waals surface area contributed by atoms with Crippen LogP contribution >= 0.6 is 23.1 Å². The molecule has 1 atom stereocenters. The highest BCUT2D eigenvalue weighted by atomic mass is 32.2. The van der Waals surface area contributed by atoms with E-state index in [-0.39, 0.29) is 0 Å². The van der Waals surface area contributed by atoms with Gasteiger partial charge in [0.1, 0.15) is 0 Å². The number of nitrogens with two attached hydrogens (primary N) is 1. The molecule has 2 N–H and O–H groups in total. The molecule has 0 spiro atoms. The van der Waals surface area contributed by atoms with Crippen molar-refractivity contribution in [2.45, 2.75) is 19.5 Å². The molecule has 1 unspecified atom stereocenters. The molecule has 0 radical (unpaired) electrons. The van der Waals surface area contributed by atoms with E-state index >= 15 is 0 Å². The summed E-state index contributed by atoms with van der Waals surface area (Å²) in [6.45, 7) is 4.21. The van der Waals surface area contributed by atoms with E-state index in [0.717, 1.165) is 18.8 Å². The van der Waals surface area contributed by atoms with Gasteiger partial charge in [-0.1, -0.05) is 29.8 Å². The Morgan fingerprint density at radius 3 is 2.85 bits per heavy atom. The minimum atomic E-state index is 0.498. The van der Waals surface area contributed by atoms with Gasteiger partial charge in [-0.15, -0.1) is 11.3 Å². The molecule has 3 nitrogen and oxygen atoms in total. The van der Waals surface area contributed by atoms with Gasteiger partial charge in [0.2, 0.25) is 0 Å². The second-order valence-corrected chi connectivity index (χ2v) is 7.43. The Labute approximate surface area is 128 Å². The third-order valence-corrected chi connectivity index (χ3v) is 5.47. The van der Waals surface area contributed by atoms with E-state index in [2.05, 4.69) is 41.1 Å². The second-order valence-electron chi connectivity index (χ2n) is 5.14. The molecule has 1 aliphatic heterocycles. The summed E-state index contributed by atoms with van der Waals surface area (Å²) < 4.78 is 0. The summed E-state index contributed by atoms with van der Waals surface area (Å²) in [5, 5.41) is 0.665. The summed E-state index contributed by atoms with van der Waals surface area (Å²) in [6, 6.07) is 9.44. The van der Waals surface area contributed by atoms with Crippen LogP contribution in [0.25, 0.3) is 0 Å². The van der Waals surface area contributed by atoms with Crippen molar-refractivity contribution >= 4 is 28.2 Å². The van der Waals surface area contributed by atoms with Crippen LogP contribution in [0.5, 0.6) is 0 Å². The third-order valence-electron chi connectivity index (χ3n) is 3.63. The highest BCUT2D eigenvalue weighted by molar-refractivity contribution is 7.99. The van der Waals surface area contributed by atoms with E-state index in [1.165, 1.54) is 21.8 Å². The lowest BCUT2D eigenvalue weighted by molar-refractivity contribution is 0.214. The summed E-state index contributed by atoms with van der Waals surface area (Å²) in [7, 11) is 0. The summed E-state index contributed by atoms with van der Waals surface area (Å²) in [5.41, 5.74) is 8.47. The van der Waals surface area contributed by atoms with Gasteiger partial charge in [-0.25, -0.2) is 4.98 Å². The fourth-order valence-corrected chi connectivity index (χ4v) is 4.39. The SMILES string of the molecule is Cc1ccc(C2CSCCN2Cc2cnc(N)s2)cc1. The van der Waals surface area contributed by atoms with Gasteiger partial charge in [-0.3, -0.25) is 4.90 Å². The van der Waals surface area contributed by atoms with Crippen molar-refractivity contribution in [2.24, 2.45) is 0 Å². The fourth-order valence-electron chi connectivity index (χ4n) is 2.52. The number of benzene rings is 1. The number of hydrogen-bond acceptors (Lipinski definition) is 5. The van der Waals surface area contributed by atoms with Gasteiger partial charge < -0.3 is 5.73 Å². The van der Waals surface area contributed by atoms with Gasteiger partial charge in [-0.2, -0.15) is 11.8 Å². The van der Waals surface area contributed by atoms with Crippen LogP contribution in [0.3, 0.4) is 0 Å². The first-order chi connectivity index (χ1) is 9.72. The molecule has 5 heteroatoms. The maximum atomic E-state index is 5.73. The van der Waals surface area contributed by atoms with E-state index in [4.69, 9.17) is 5.73 Å². The summed E-state index contributed by atoms with van der Waals surface area (Å²) in [4.78, 5) is 7.96. The average molecular weight is 305 g/mol. The Bertz CT molecular complexity index is 565. The molecule has 0 bridgehead atoms. The lowest BCUT2D eigenvalue weighted by atomic mass is 10.0. The first kappa shape index (κ1) is 13.9. The van der Waals surface area contributed by atoms with Gasteiger partial charge in [0.05, 0.1) is 0 Å². The number of rotatable bonds is 3. The molecule has 20 heavy (non-hydrogen) atoms. The lowest BCUT2D eigenvalue weighted by Gasteiger charge is -2.35. The maximum absolute atomic E-state index is 5.73. The van der Waals surface area contributed by atoms with Crippen LogP contribution in [-0.2, 0) is 6.54 Å². The standard InChI is InChI=1S/C15H19N3S2/c1-11-2-4-12(5-3-11)14-10-19-7-6-18(14)9-13-8-17-15(16)20-13/h2-5,8,14H,6-7,9-10H2,1H3,(H2,16,17). The van der Waals surface area contributed by atoms with Crippen molar-refractivity contribution in [3.05, 3.63) is 46.5 Å². The van der Waals surface area contributed by atoms with E-state index in [1.807, 2.05) is 18.0 Å². The topological polar surface area (TPSA) is 42.2 Å². The minimum absolute atomic E-state index is 0.498.